The fourth-order valence-corrected chi connectivity index (χ4v) is 3.95. The molecule has 1 aliphatic heterocycles. The van der Waals surface area contributed by atoms with E-state index in [0.717, 1.165) is 35.9 Å². The van der Waals surface area contributed by atoms with Gasteiger partial charge in [0.15, 0.2) is 5.65 Å². The molecule has 1 amide bonds. The summed E-state index contributed by atoms with van der Waals surface area (Å²) in [6.07, 6.45) is 3.85. The van der Waals surface area contributed by atoms with Gasteiger partial charge < -0.3 is 19.7 Å². The van der Waals surface area contributed by atoms with E-state index in [1.54, 1.807) is 15.8 Å². The van der Waals surface area contributed by atoms with Crippen LogP contribution >= 0.6 is 0 Å². The van der Waals surface area contributed by atoms with Crippen LogP contribution in [-0.4, -0.2) is 70.2 Å². The quantitative estimate of drug-likeness (QED) is 0.526. The van der Waals surface area contributed by atoms with Crippen molar-refractivity contribution in [1.29, 1.82) is 0 Å². The molecule has 1 aliphatic rings. The first-order chi connectivity index (χ1) is 14.0. The van der Waals surface area contributed by atoms with E-state index in [9.17, 15) is 4.79 Å². The summed E-state index contributed by atoms with van der Waals surface area (Å²) in [4.78, 5) is 22.8. The zero-order valence-electron chi connectivity index (χ0n) is 18.9. The molecule has 0 aromatic carbocycles. The zero-order valence-corrected chi connectivity index (χ0v) is 19.9. The maximum absolute atomic E-state index is 12.3. The molecule has 0 spiro atoms. The van der Waals surface area contributed by atoms with Crippen molar-refractivity contribution in [1.82, 2.24) is 24.6 Å². The Morgan fingerprint density at radius 1 is 1.30 bits per heavy atom. The Hall–Kier alpha value is -2.20. The lowest BCUT2D eigenvalue weighted by atomic mass is 10.2. The molecule has 1 atom stereocenters. The average Bonchev–Trinajstić information content (AvgIpc) is 3.24. The van der Waals surface area contributed by atoms with E-state index in [-0.39, 0.29) is 12.1 Å². The number of anilines is 1. The molecule has 10 heteroatoms. The summed E-state index contributed by atoms with van der Waals surface area (Å²) >= 11 is 0. The molecule has 0 saturated carbocycles. The van der Waals surface area contributed by atoms with E-state index < -0.39 is 13.7 Å². The van der Waals surface area contributed by atoms with Crippen LogP contribution in [0, 0.1) is 0 Å². The van der Waals surface area contributed by atoms with E-state index in [0.29, 0.717) is 19.8 Å². The van der Waals surface area contributed by atoms with Crippen molar-refractivity contribution in [2.75, 3.05) is 25.0 Å². The summed E-state index contributed by atoms with van der Waals surface area (Å²) in [5.74, 6) is 0.726. The van der Waals surface area contributed by atoms with E-state index in [1.165, 1.54) is 6.33 Å². The molecule has 0 radical (unpaired) electrons. The summed E-state index contributed by atoms with van der Waals surface area (Å²) in [5.41, 5.74) is 0.246. The third kappa shape index (κ3) is 6.15. The number of nitrogens with zero attached hydrogens (tertiary/aromatic N) is 5. The van der Waals surface area contributed by atoms with Crippen molar-refractivity contribution in [3.63, 3.8) is 0 Å². The van der Waals surface area contributed by atoms with Crippen LogP contribution in [0.1, 0.15) is 27.2 Å². The number of rotatable bonds is 7. The van der Waals surface area contributed by atoms with Crippen LogP contribution in [0.2, 0.25) is 25.7 Å². The van der Waals surface area contributed by atoms with Crippen molar-refractivity contribution >= 4 is 31.0 Å². The molecule has 0 aliphatic carbocycles. The number of carbonyl (C=O) groups excluding carboxylic acids is 1. The molecular formula is C20H34N6O3Si. The number of hydrogen-bond acceptors (Lipinski definition) is 7. The highest BCUT2D eigenvalue weighted by molar-refractivity contribution is 6.76. The predicted octanol–water partition coefficient (Wildman–Crippen LogP) is 3.56. The number of aromatic nitrogens is 4. The predicted molar refractivity (Wildman–Crippen MR) is 119 cm³/mol. The Kier molecular flexibility index (Phi) is 6.66. The van der Waals surface area contributed by atoms with Crippen molar-refractivity contribution < 1.29 is 14.3 Å². The van der Waals surface area contributed by atoms with E-state index in [1.807, 2.05) is 20.8 Å². The van der Waals surface area contributed by atoms with Gasteiger partial charge >= 0.3 is 6.09 Å². The van der Waals surface area contributed by atoms with Crippen LogP contribution in [0.3, 0.4) is 0 Å². The molecule has 3 heterocycles. The molecule has 0 bridgehead atoms. The molecule has 2 aromatic rings. The second-order valence-corrected chi connectivity index (χ2v) is 15.6. The lowest BCUT2D eigenvalue weighted by Gasteiger charge is -2.24. The highest BCUT2D eigenvalue weighted by Crippen LogP contribution is 2.23. The van der Waals surface area contributed by atoms with Crippen molar-refractivity contribution in [2.45, 2.75) is 71.3 Å². The number of fused-ring (bicyclic) bond motifs is 1. The Balaban J connectivity index is 1.60. The first-order valence-electron chi connectivity index (χ1n) is 10.5. The average molecular weight is 435 g/mol. The summed E-state index contributed by atoms with van der Waals surface area (Å²) < 4.78 is 13.0. The van der Waals surface area contributed by atoms with Gasteiger partial charge in [0.25, 0.3) is 0 Å². The lowest BCUT2D eigenvalue weighted by molar-refractivity contribution is 0.0293. The number of nitrogens with one attached hydrogen (secondary N) is 1. The van der Waals surface area contributed by atoms with Crippen LogP contribution in [0.4, 0.5) is 10.6 Å². The molecule has 30 heavy (non-hydrogen) atoms. The van der Waals surface area contributed by atoms with E-state index >= 15 is 0 Å². The Labute approximate surface area is 179 Å². The smallest absolute Gasteiger partial charge is 0.410 e. The Morgan fingerprint density at radius 2 is 2.07 bits per heavy atom. The summed E-state index contributed by atoms with van der Waals surface area (Å²) in [6, 6.07) is 1.22. The Bertz CT molecular complexity index is 874. The van der Waals surface area contributed by atoms with Crippen molar-refractivity contribution in [2.24, 2.45) is 0 Å². The zero-order chi connectivity index (χ0) is 21.9. The van der Waals surface area contributed by atoms with Gasteiger partial charge in [-0.1, -0.05) is 19.6 Å². The first kappa shape index (κ1) is 22.5. The molecular weight excluding hydrogens is 400 g/mol. The van der Waals surface area contributed by atoms with Gasteiger partial charge in [-0.2, -0.15) is 5.10 Å². The van der Waals surface area contributed by atoms with Gasteiger partial charge in [-0.25, -0.2) is 19.4 Å². The molecule has 3 rings (SSSR count). The summed E-state index contributed by atoms with van der Waals surface area (Å²) in [7, 11) is -1.12. The standard InChI is InChI=1S/C20H34N6O3Si/c1-20(2,3)29-19(27)25-8-7-15(12-25)24-17-16-11-23-26(18(16)22-13-21-17)14-28-9-10-30(4,5)6/h11,13,15H,7-10,12,14H2,1-6H3,(H,21,22,24)/t15-/m1/s1. The second-order valence-electron chi connectivity index (χ2n) is 10.0. The third-order valence-corrected chi connectivity index (χ3v) is 6.53. The van der Waals surface area contributed by atoms with Gasteiger partial charge in [-0.15, -0.1) is 0 Å². The summed E-state index contributed by atoms with van der Waals surface area (Å²) in [6.45, 7) is 15.0. The molecule has 166 valence electrons. The van der Waals surface area contributed by atoms with Crippen LogP contribution in [0.15, 0.2) is 12.5 Å². The maximum atomic E-state index is 12.3. The van der Waals surface area contributed by atoms with Crippen LogP contribution in [-0.2, 0) is 16.2 Å². The highest BCUT2D eigenvalue weighted by Gasteiger charge is 2.30. The fourth-order valence-electron chi connectivity index (χ4n) is 3.20. The topological polar surface area (TPSA) is 94.4 Å². The van der Waals surface area contributed by atoms with Gasteiger partial charge in [0.1, 0.15) is 24.5 Å². The highest BCUT2D eigenvalue weighted by atomic mass is 28.3. The maximum Gasteiger partial charge on any atom is 0.410 e. The van der Waals surface area contributed by atoms with Crippen molar-refractivity contribution in [3.8, 4) is 0 Å². The molecule has 2 aromatic heterocycles. The monoisotopic (exact) mass is 434 g/mol. The minimum absolute atomic E-state index is 0.104. The first-order valence-corrected chi connectivity index (χ1v) is 14.2. The van der Waals surface area contributed by atoms with Crippen LogP contribution in [0.5, 0.6) is 0 Å². The molecule has 1 N–H and O–H groups in total. The largest absolute Gasteiger partial charge is 0.444 e. The van der Waals surface area contributed by atoms with Crippen LogP contribution in [0.25, 0.3) is 11.0 Å². The van der Waals surface area contributed by atoms with Gasteiger partial charge in [-0.05, 0) is 33.2 Å². The Morgan fingerprint density at radius 3 is 2.77 bits per heavy atom. The lowest BCUT2D eigenvalue weighted by Crippen LogP contribution is -2.36. The van der Waals surface area contributed by atoms with E-state index in [4.69, 9.17) is 9.47 Å². The van der Waals surface area contributed by atoms with Gasteiger partial charge in [0.2, 0.25) is 0 Å². The SMILES string of the molecule is CC(C)(C)OC(=O)N1CC[C@@H](Nc2ncnc3c2cnn3COCC[Si](C)(C)C)C1. The molecule has 9 nitrogen and oxygen atoms in total. The number of likely N-dealkylation sites (tertiary alicyclic amines) is 1. The minimum Gasteiger partial charge on any atom is -0.444 e. The number of ether oxygens (including phenoxy) is 2. The van der Waals surface area contributed by atoms with Gasteiger partial charge in [0, 0.05) is 33.8 Å². The normalized spacial score (nSPS) is 17.5. The van der Waals surface area contributed by atoms with Gasteiger partial charge in [0.05, 0.1) is 11.6 Å². The van der Waals surface area contributed by atoms with E-state index in [2.05, 4.69) is 40.0 Å². The molecule has 1 saturated heterocycles. The molecule has 1 fully saturated rings. The van der Waals surface area contributed by atoms with Crippen LogP contribution < -0.4 is 5.32 Å². The molecule has 0 unspecified atom stereocenters. The number of amides is 1. The number of carbonyl (C=O) groups is 1. The fraction of sp³-hybridized carbons (Fsp3) is 0.700. The van der Waals surface area contributed by atoms with Crippen molar-refractivity contribution in [3.05, 3.63) is 12.5 Å². The second kappa shape index (κ2) is 8.89. The minimum atomic E-state index is -1.12. The van der Waals surface area contributed by atoms with Gasteiger partial charge in [-0.3, -0.25) is 0 Å². The summed E-state index contributed by atoms with van der Waals surface area (Å²) in [5, 5.41) is 8.72. The number of hydrogen-bond donors (Lipinski definition) is 1. The third-order valence-electron chi connectivity index (χ3n) is 4.82.